The highest BCUT2D eigenvalue weighted by molar-refractivity contribution is 9.09. The largest absolute Gasteiger partial charge is 0.416 e. The maximum atomic E-state index is 13.8. The summed E-state index contributed by atoms with van der Waals surface area (Å²) in [5.74, 6) is 1.09. The smallest absolute Gasteiger partial charge is 0.373 e. The minimum Gasteiger partial charge on any atom is -0.373 e. The zero-order valence-electron chi connectivity index (χ0n) is 26.9. The number of halogens is 7. The maximum absolute atomic E-state index is 13.8. The number of ether oxygens (including phenoxy) is 1. The van der Waals surface area contributed by atoms with Gasteiger partial charge in [-0.1, -0.05) is 54.2 Å². The molecule has 4 aliphatic rings. The van der Waals surface area contributed by atoms with Crippen molar-refractivity contribution in [2.24, 2.45) is 11.8 Å². The van der Waals surface area contributed by atoms with Crippen molar-refractivity contribution >= 4 is 43.4 Å². The molecule has 0 bridgehead atoms. The summed E-state index contributed by atoms with van der Waals surface area (Å²) in [6.07, 6.45) is -4.61. The standard InChI is InChI=1S/C30H32BF6N2O3P.C4H7Br/c1-19(21-14-23(29(32,33)34)16-24(15-21)30(35,36)37)42-18-27(22-6-4-3-5-7-22)10-12-28(13-11-27)25(40)39(43(2)31)26(41)38(28)17-20-8-9-20;5-3-4-1-2-4/h3-7,14-16,19-20H,8-13,17-18H2,1-2H3;4H,1-3H2/t19-,27?,28?,43?;/m1./s1. The van der Waals surface area contributed by atoms with Crippen molar-refractivity contribution in [1.82, 2.24) is 9.57 Å². The number of carbonyl (C=O) groups excluding carboxylic acids is 2. The first-order valence-electron chi connectivity index (χ1n) is 16.2. The van der Waals surface area contributed by atoms with Crippen LogP contribution in [0, 0.1) is 11.8 Å². The van der Waals surface area contributed by atoms with E-state index in [-0.39, 0.29) is 30.2 Å². The van der Waals surface area contributed by atoms with E-state index in [9.17, 15) is 35.9 Å². The van der Waals surface area contributed by atoms with Crippen molar-refractivity contribution in [3.05, 3.63) is 70.8 Å². The fraction of sp³-hybridized carbons (Fsp3) is 0.588. The number of urea groups is 1. The normalized spacial score (nSPS) is 26.0. The Bertz CT molecular complexity index is 1430. The van der Waals surface area contributed by atoms with Gasteiger partial charge in [0.2, 0.25) is 0 Å². The molecular weight excluding hydrogens is 720 g/mol. The molecule has 2 atom stereocenters. The van der Waals surface area contributed by atoms with Gasteiger partial charge in [-0.3, -0.25) is 9.46 Å². The number of amides is 3. The highest BCUT2D eigenvalue weighted by Crippen LogP contribution is 2.53. The Morgan fingerprint density at radius 3 is 1.90 bits per heavy atom. The van der Waals surface area contributed by atoms with Gasteiger partial charge in [-0.15, -0.1) is 0 Å². The van der Waals surface area contributed by atoms with E-state index in [1.165, 1.54) is 29.8 Å². The van der Waals surface area contributed by atoms with Crippen molar-refractivity contribution in [3.8, 4) is 0 Å². The average Bonchev–Trinajstić information content (AvgIpc) is 3.98. The van der Waals surface area contributed by atoms with Gasteiger partial charge >= 0.3 is 18.4 Å². The van der Waals surface area contributed by atoms with E-state index in [1.54, 1.807) is 11.6 Å². The fourth-order valence-corrected chi connectivity index (χ4v) is 8.09. The van der Waals surface area contributed by atoms with Gasteiger partial charge in [-0.05, 0) is 106 Å². The van der Waals surface area contributed by atoms with Crippen LogP contribution in [0.2, 0.25) is 0 Å². The summed E-state index contributed by atoms with van der Waals surface area (Å²) in [5.41, 5.74) is -3.87. The molecule has 5 nitrogen and oxygen atoms in total. The zero-order chi connectivity index (χ0) is 35.1. The quantitative estimate of drug-likeness (QED) is 0.0842. The highest BCUT2D eigenvalue weighted by atomic mass is 79.9. The molecule has 48 heavy (non-hydrogen) atoms. The molecule has 1 heterocycles. The fourth-order valence-electron chi connectivity index (χ4n) is 6.59. The molecular formula is C34H39BBrF6N2O3P. The number of carbonyl (C=O) groups is 2. The summed E-state index contributed by atoms with van der Waals surface area (Å²) >= 11 is 3.38. The molecule has 4 fully saturated rings. The predicted molar refractivity (Wildman–Crippen MR) is 177 cm³/mol. The van der Waals surface area contributed by atoms with Crippen molar-refractivity contribution in [1.29, 1.82) is 0 Å². The number of imide groups is 1. The lowest BCUT2D eigenvalue weighted by molar-refractivity contribution is -0.143. The predicted octanol–water partition coefficient (Wildman–Crippen LogP) is 9.63. The molecule has 2 aromatic carbocycles. The van der Waals surface area contributed by atoms with Gasteiger partial charge < -0.3 is 9.64 Å². The van der Waals surface area contributed by atoms with E-state index in [4.69, 9.17) is 12.3 Å². The van der Waals surface area contributed by atoms with E-state index in [0.29, 0.717) is 50.3 Å². The van der Waals surface area contributed by atoms with Gasteiger partial charge in [0.15, 0.2) is 0 Å². The lowest BCUT2D eigenvalue weighted by Gasteiger charge is -2.47. The van der Waals surface area contributed by atoms with Gasteiger partial charge in [0.1, 0.15) is 13.1 Å². The second kappa shape index (κ2) is 14.3. The van der Waals surface area contributed by atoms with E-state index < -0.39 is 48.5 Å². The number of benzene rings is 2. The van der Waals surface area contributed by atoms with Gasteiger partial charge in [0.05, 0.1) is 23.8 Å². The topological polar surface area (TPSA) is 49.9 Å². The lowest BCUT2D eigenvalue weighted by Crippen LogP contribution is -2.55. The first-order valence-corrected chi connectivity index (χ1v) is 19.1. The molecule has 260 valence electrons. The monoisotopic (exact) mass is 758 g/mol. The van der Waals surface area contributed by atoms with E-state index in [2.05, 4.69) is 15.9 Å². The van der Waals surface area contributed by atoms with Crippen molar-refractivity contribution in [3.63, 3.8) is 0 Å². The summed E-state index contributed by atoms with van der Waals surface area (Å²) in [6, 6.07) is 10.4. The Morgan fingerprint density at radius 2 is 1.46 bits per heavy atom. The Hall–Kier alpha value is -2.11. The SMILES string of the molecule is BrCC1CC1.[B]P(C)N1C(=O)N(CC2CC2)C2(CCC(CO[C@H](C)c3cc(C(F)(F)F)cc(C(F)(F)F)c3)(c3ccccc3)CC2)C1=O. The molecule has 2 radical (unpaired) electrons. The third-order valence-electron chi connectivity index (χ3n) is 10.00. The number of rotatable bonds is 9. The number of alkyl halides is 7. The third-order valence-corrected chi connectivity index (χ3v) is 11.9. The number of hydrogen-bond donors (Lipinski definition) is 0. The molecule has 3 amide bonds. The van der Waals surface area contributed by atoms with E-state index in [1.807, 2.05) is 30.3 Å². The van der Waals surface area contributed by atoms with Crippen LogP contribution in [0.15, 0.2) is 48.5 Å². The van der Waals surface area contributed by atoms with Gasteiger partial charge in [-0.2, -0.15) is 26.3 Å². The first-order chi connectivity index (χ1) is 22.5. The minimum atomic E-state index is -4.97. The Morgan fingerprint density at radius 1 is 0.917 bits per heavy atom. The van der Waals surface area contributed by atoms with E-state index in [0.717, 1.165) is 24.3 Å². The second-order valence-corrected chi connectivity index (χ2v) is 15.8. The lowest BCUT2D eigenvalue weighted by atomic mass is 9.64. The Balaban J connectivity index is 0.000000825. The molecule has 1 saturated heterocycles. The Labute approximate surface area is 288 Å². The van der Waals surface area contributed by atoms with Crippen LogP contribution >= 0.6 is 23.9 Å². The summed E-state index contributed by atoms with van der Waals surface area (Å²) < 4.78 is 88.2. The molecule has 1 aliphatic heterocycles. The zero-order valence-corrected chi connectivity index (χ0v) is 29.4. The van der Waals surface area contributed by atoms with Crippen molar-refractivity contribution in [2.75, 3.05) is 25.1 Å². The third kappa shape index (κ3) is 8.09. The van der Waals surface area contributed by atoms with Crippen LogP contribution in [0.25, 0.3) is 0 Å². The molecule has 3 saturated carbocycles. The van der Waals surface area contributed by atoms with Crippen LogP contribution < -0.4 is 0 Å². The molecule has 0 aromatic heterocycles. The van der Waals surface area contributed by atoms with Crippen LogP contribution in [0.3, 0.4) is 0 Å². The van der Waals surface area contributed by atoms with Crippen LogP contribution in [0.4, 0.5) is 31.1 Å². The average molecular weight is 759 g/mol. The van der Waals surface area contributed by atoms with Crippen molar-refractivity contribution < 1.29 is 40.7 Å². The van der Waals surface area contributed by atoms with Crippen LogP contribution in [-0.2, 0) is 27.3 Å². The maximum Gasteiger partial charge on any atom is 0.416 e. The number of nitrogens with zero attached hydrogens (tertiary/aromatic N) is 2. The van der Waals surface area contributed by atoms with Gasteiger partial charge in [-0.25, -0.2) is 4.79 Å². The molecule has 1 unspecified atom stereocenters. The number of hydrogen-bond acceptors (Lipinski definition) is 3. The van der Waals surface area contributed by atoms with Crippen LogP contribution in [-0.4, -0.2) is 59.8 Å². The highest BCUT2D eigenvalue weighted by Gasteiger charge is 2.61. The summed E-state index contributed by atoms with van der Waals surface area (Å²) in [6.45, 7) is 3.56. The molecule has 14 heteroatoms. The molecule has 2 aromatic rings. The summed E-state index contributed by atoms with van der Waals surface area (Å²) in [5, 5.41) is 1.23. The second-order valence-electron chi connectivity index (χ2n) is 13.6. The molecule has 6 rings (SSSR count). The molecule has 3 aliphatic carbocycles. The van der Waals surface area contributed by atoms with Crippen LogP contribution in [0.1, 0.15) is 86.6 Å². The summed E-state index contributed by atoms with van der Waals surface area (Å²) in [4.78, 5) is 28.8. The first kappa shape index (κ1) is 37.2. The van der Waals surface area contributed by atoms with Gasteiger partial charge in [0, 0.05) is 17.3 Å². The van der Waals surface area contributed by atoms with Crippen LogP contribution in [0.5, 0.6) is 0 Å². The minimum absolute atomic E-state index is 0.00227. The van der Waals surface area contributed by atoms with Crippen molar-refractivity contribution in [2.45, 2.75) is 87.7 Å². The molecule has 1 spiro atoms. The Kier molecular flexibility index (Phi) is 11.0. The van der Waals surface area contributed by atoms with Gasteiger partial charge in [0.25, 0.3) is 5.91 Å². The molecule has 0 N–H and O–H groups in total. The van der Waals surface area contributed by atoms with E-state index >= 15 is 0 Å². The summed E-state index contributed by atoms with van der Waals surface area (Å²) in [7, 11) is 4.61.